The number of nitrogens with zero attached hydrogens (tertiary/aromatic N) is 5. The van der Waals surface area contributed by atoms with E-state index >= 15 is 0 Å². The number of aryl methyl sites for hydroxylation is 2. The second kappa shape index (κ2) is 11.0. The zero-order chi connectivity index (χ0) is 26.7. The molecular weight excluding hydrogens is 482 g/mol. The highest BCUT2D eigenvalue weighted by Gasteiger charge is 2.26. The number of carbonyl (C=O) groups is 2. The summed E-state index contributed by atoms with van der Waals surface area (Å²) in [6.45, 7) is 2.76. The summed E-state index contributed by atoms with van der Waals surface area (Å²) in [4.78, 5) is 55.0. The number of hydrogen-bond acceptors (Lipinski definition) is 8. The molecule has 0 spiro atoms. The van der Waals surface area contributed by atoms with Gasteiger partial charge in [-0.25, -0.2) is 9.78 Å². The highest BCUT2D eigenvalue weighted by Crippen LogP contribution is 2.29. The molecular formula is C25H31N5O7. The van der Waals surface area contributed by atoms with Gasteiger partial charge in [-0.15, -0.1) is 0 Å². The van der Waals surface area contributed by atoms with Gasteiger partial charge in [0.25, 0.3) is 5.56 Å². The molecule has 1 aliphatic rings. The van der Waals surface area contributed by atoms with E-state index in [4.69, 9.17) is 14.2 Å². The van der Waals surface area contributed by atoms with E-state index in [9.17, 15) is 19.2 Å². The van der Waals surface area contributed by atoms with Crippen LogP contribution in [-0.4, -0.2) is 74.8 Å². The normalized spacial score (nSPS) is 15.7. The molecule has 3 aromatic rings. The minimum Gasteiger partial charge on any atom is -0.493 e. The monoisotopic (exact) mass is 513 g/mol. The first-order valence-electron chi connectivity index (χ1n) is 12.0. The Kier molecular flexibility index (Phi) is 7.77. The van der Waals surface area contributed by atoms with Crippen LogP contribution in [0.3, 0.4) is 0 Å². The van der Waals surface area contributed by atoms with E-state index in [0.717, 1.165) is 10.1 Å². The Balaban J connectivity index is 1.40. The van der Waals surface area contributed by atoms with Gasteiger partial charge >= 0.3 is 5.69 Å². The fraction of sp³-hybridized carbons (Fsp3) is 0.480. The van der Waals surface area contributed by atoms with E-state index in [0.29, 0.717) is 44.0 Å². The molecule has 2 aromatic heterocycles. The van der Waals surface area contributed by atoms with Gasteiger partial charge in [-0.1, -0.05) is 6.07 Å². The van der Waals surface area contributed by atoms with E-state index in [1.165, 1.54) is 29.6 Å². The number of ketones is 1. The number of ether oxygens (including phenoxy) is 3. The molecule has 3 heterocycles. The lowest BCUT2D eigenvalue weighted by molar-refractivity contribution is -0.140. The number of morpholine rings is 1. The predicted molar refractivity (Wildman–Crippen MR) is 134 cm³/mol. The van der Waals surface area contributed by atoms with Crippen molar-refractivity contribution in [2.24, 2.45) is 14.1 Å². The molecule has 0 aliphatic carbocycles. The van der Waals surface area contributed by atoms with Gasteiger partial charge in [0.1, 0.15) is 25.0 Å². The van der Waals surface area contributed by atoms with Crippen molar-refractivity contribution in [3.05, 3.63) is 50.9 Å². The molecule has 0 N–H and O–H groups in total. The number of aromatic nitrogens is 4. The third-order valence-electron chi connectivity index (χ3n) is 6.43. The summed E-state index contributed by atoms with van der Waals surface area (Å²) in [5.41, 5.74) is 0.428. The molecule has 1 unspecified atom stereocenters. The SMILES string of the molecule is COc1cc(CCC(C)=O)ccc1OCC1CN(C(=O)Cn2cnc3c2c(=O)n(C)c(=O)n3C)CCO1. The lowest BCUT2D eigenvalue weighted by atomic mass is 10.1. The average molecular weight is 514 g/mol. The van der Waals surface area contributed by atoms with Crippen LogP contribution < -0.4 is 20.7 Å². The number of Topliss-reactive ketones (excluding diaryl/α,β-unsaturated/α-hetero) is 1. The minimum absolute atomic E-state index is 0.0902. The lowest BCUT2D eigenvalue weighted by Gasteiger charge is -2.33. The maximum absolute atomic E-state index is 13.1. The van der Waals surface area contributed by atoms with Crippen LogP contribution in [0.2, 0.25) is 0 Å². The summed E-state index contributed by atoms with van der Waals surface area (Å²) in [5, 5.41) is 0. The summed E-state index contributed by atoms with van der Waals surface area (Å²) >= 11 is 0. The third kappa shape index (κ3) is 5.58. The molecule has 198 valence electrons. The first-order valence-corrected chi connectivity index (χ1v) is 12.0. The second-order valence-electron chi connectivity index (χ2n) is 9.08. The number of fused-ring (bicyclic) bond motifs is 1. The van der Waals surface area contributed by atoms with Crippen molar-refractivity contribution < 1.29 is 23.8 Å². The third-order valence-corrected chi connectivity index (χ3v) is 6.43. The molecule has 12 nitrogen and oxygen atoms in total. The Morgan fingerprint density at radius 1 is 1.16 bits per heavy atom. The molecule has 1 amide bonds. The van der Waals surface area contributed by atoms with E-state index in [2.05, 4.69) is 4.98 Å². The zero-order valence-corrected chi connectivity index (χ0v) is 21.4. The lowest BCUT2D eigenvalue weighted by Crippen LogP contribution is -2.48. The van der Waals surface area contributed by atoms with Crippen LogP contribution in [0.5, 0.6) is 11.5 Å². The summed E-state index contributed by atoms with van der Waals surface area (Å²) in [5.74, 6) is 1.04. The van der Waals surface area contributed by atoms with Gasteiger partial charge in [-0.05, 0) is 31.0 Å². The van der Waals surface area contributed by atoms with E-state index in [-0.39, 0.29) is 42.1 Å². The fourth-order valence-electron chi connectivity index (χ4n) is 4.30. The highest BCUT2D eigenvalue weighted by molar-refractivity contribution is 5.79. The topological polar surface area (TPSA) is 127 Å². The summed E-state index contributed by atoms with van der Waals surface area (Å²) < 4.78 is 20.9. The standard InChI is InChI=1S/C25H31N5O7/c1-16(31)5-6-17-7-8-19(20(11-17)35-4)37-14-18-12-29(9-10-36-18)21(32)13-30-15-26-23-22(30)24(33)28(3)25(34)27(23)2/h7-8,11,15,18H,5-6,9-10,12-14H2,1-4H3. The largest absolute Gasteiger partial charge is 0.493 e. The maximum atomic E-state index is 13.1. The molecule has 0 radical (unpaired) electrons. The molecule has 1 aliphatic heterocycles. The van der Waals surface area contributed by atoms with Crippen LogP contribution in [0.1, 0.15) is 18.9 Å². The Hall–Kier alpha value is -3.93. The molecule has 12 heteroatoms. The number of imidazole rings is 1. The van der Waals surface area contributed by atoms with Crippen LogP contribution >= 0.6 is 0 Å². The van der Waals surface area contributed by atoms with Crippen molar-refractivity contribution >= 4 is 22.9 Å². The maximum Gasteiger partial charge on any atom is 0.332 e. The molecule has 0 bridgehead atoms. The van der Waals surface area contributed by atoms with Gasteiger partial charge in [0.05, 0.1) is 26.6 Å². The predicted octanol–water partition coefficient (Wildman–Crippen LogP) is 0.270. The minimum atomic E-state index is -0.502. The molecule has 0 saturated carbocycles. The van der Waals surface area contributed by atoms with Crippen molar-refractivity contribution in [3.8, 4) is 11.5 Å². The number of benzene rings is 1. The Morgan fingerprint density at radius 2 is 1.95 bits per heavy atom. The van der Waals surface area contributed by atoms with Crippen molar-refractivity contribution in [1.29, 1.82) is 0 Å². The second-order valence-corrected chi connectivity index (χ2v) is 9.08. The van der Waals surface area contributed by atoms with Gasteiger partial charge in [0, 0.05) is 27.1 Å². The number of hydrogen-bond donors (Lipinski definition) is 0. The van der Waals surface area contributed by atoms with E-state index < -0.39 is 11.2 Å². The zero-order valence-electron chi connectivity index (χ0n) is 21.4. The Morgan fingerprint density at radius 3 is 2.68 bits per heavy atom. The smallest absolute Gasteiger partial charge is 0.332 e. The molecule has 1 atom stereocenters. The van der Waals surface area contributed by atoms with Crippen molar-refractivity contribution in [1.82, 2.24) is 23.6 Å². The first kappa shape index (κ1) is 26.1. The fourth-order valence-corrected chi connectivity index (χ4v) is 4.30. The van der Waals surface area contributed by atoms with Crippen molar-refractivity contribution in [3.63, 3.8) is 0 Å². The summed E-state index contributed by atoms with van der Waals surface area (Å²) in [7, 11) is 4.48. The molecule has 1 fully saturated rings. The molecule has 1 aromatic carbocycles. The van der Waals surface area contributed by atoms with Crippen LogP contribution in [0.25, 0.3) is 11.2 Å². The Labute approximate surface area is 213 Å². The molecule has 1 saturated heterocycles. The summed E-state index contributed by atoms with van der Waals surface area (Å²) in [6, 6.07) is 5.55. The van der Waals surface area contributed by atoms with Gasteiger partial charge in [-0.3, -0.25) is 18.7 Å². The van der Waals surface area contributed by atoms with Crippen molar-refractivity contribution in [2.75, 3.05) is 33.4 Å². The van der Waals surface area contributed by atoms with Gasteiger partial charge < -0.3 is 28.5 Å². The number of carbonyl (C=O) groups excluding carboxylic acids is 2. The van der Waals surface area contributed by atoms with Crippen LogP contribution in [0.15, 0.2) is 34.1 Å². The molecule has 37 heavy (non-hydrogen) atoms. The van der Waals surface area contributed by atoms with E-state index in [1.807, 2.05) is 12.1 Å². The van der Waals surface area contributed by atoms with Crippen LogP contribution in [-0.2, 0) is 41.4 Å². The number of amides is 1. The van der Waals surface area contributed by atoms with Crippen LogP contribution in [0.4, 0.5) is 0 Å². The van der Waals surface area contributed by atoms with Gasteiger partial charge in [0.15, 0.2) is 22.7 Å². The first-order chi connectivity index (χ1) is 17.7. The number of rotatable bonds is 9. The Bertz CT molecular complexity index is 1440. The van der Waals surface area contributed by atoms with Gasteiger partial charge in [0.2, 0.25) is 5.91 Å². The molecule has 4 rings (SSSR count). The van der Waals surface area contributed by atoms with Crippen LogP contribution in [0, 0.1) is 0 Å². The quantitative estimate of drug-likeness (QED) is 0.399. The van der Waals surface area contributed by atoms with Gasteiger partial charge in [-0.2, -0.15) is 0 Å². The highest BCUT2D eigenvalue weighted by atomic mass is 16.5. The summed E-state index contributed by atoms with van der Waals surface area (Å²) in [6.07, 6.45) is 2.14. The van der Waals surface area contributed by atoms with E-state index in [1.54, 1.807) is 25.0 Å². The number of methoxy groups -OCH3 is 1. The average Bonchev–Trinajstić information content (AvgIpc) is 3.32. The van der Waals surface area contributed by atoms with Crippen molar-refractivity contribution in [2.45, 2.75) is 32.4 Å².